The summed E-state index contributed by atoms with van der Waals surface area (Å²) in [5.41, 5.74) is 0. The molecule has 4 atom stereocenters. The molecule has 0 spiro atoms. The molecule has 1 saturated heterocycles. The summed E-state index contributed by atoms with van der Waals surface area (Å²) in [4.78, 5) is 2.41. The molecule has 0 aromatic heterocycles. The zero-order valence-electron chi connectivity index (χ0n) is 9.83. The number of aliphatic hydroxyl groups is 1. The fraction of sp³-hybridized carbons (Fsp3) is 1.00. The van der Waals surface area contributed by atoms with Crippen molar-refractivity contribution in [2.45, 2.75) is 45.4 Å². The molecule has 0 amide bonds. The second kappa shape index (κ2) is 5.10. The molecule has 1 fully saturated rings. The molecular weight excluding hydrogens is 176 g/mol. The van der Waals surface area contributed by atoms with Crippen LogP contribution >= 0.6 is 0 Å². The molecule has 84 valence electrons. The van der Waals surface area contributed by atoms with Gasteiger partial charge in [-0.2, -0.15) is 0 Å². The first-order valence-corrected chi connectivity index (χ1v) is 5.62. The molecule has 0 bridgehead atoms. The highest BCUT2D eigenvalue weighted by molar-refractivity contribution is 4.86. The van der Waals surface area contributed by atoms with Gasteiger partial charge in [0.15, 0.2) is 0 Å². The smallest absolute Gasteiger partial charge is 0.0636 e. The number of likely N-dealkylation sites (tertiary alicyclic amines) is 1. The summed E-state index contributed by atoms with van der Waals surface area (Å²) in [5, 5.41) is 12.7. The minimum Gasteiger partial charge on any atom is -0.392 e. The molecule has 14 heavy (non-hydrogen) atoms. The predicted octanol–water partition coefficient (Wildman–Crippen LogP) is 0.685. The first-order chi connectivity index (χ1) is 6.50. The lowest BCUT2D eigenvalue weighted by atomic mass is 9.90. The molecule has 1 rings (SSSR count). The SMILES string of the molecule is C[C@@H]1CN(C)[C@H](C)C[C@@H]1NC[C@@H](C)O. The van der Waals surface area contributed by atoms with Gasteiger partial charge in [0.1, 0.15) is 0 Å². The highest BCUT2D eigenvalue weighted by Crippen LogP contribution is 2.20. The maximum absolute atomic E-state index is 9.21. The van der Waals surface area contributed by atoms with E-state index in [1.165, 1.54) is 6.42 Å². The van der Waals surface area contributed by atoms with E-state index >= 15 is 0 Å². The lowest BCUT2D eigenvalue weighted by Crippen LogP contribution is -2.51. The summed E-state index contributed by atoms with van der Waals surface area (Å²) in [6.07, 6.45) is 0.946. The zero-order valence-corrected chi connectivity index (χ0v) is 9.83. The van der Waals surface area contributed by atoms with Gasteiger partial charge in [-0.05, 0) is 33.2 Å². The van der Waals surface area contributed by atoms with Crippen molar-refractivity contribution < 1.29 is 5.11 Å². The first kappa shape index (κ1) is 12.0. The molecular formula is C11H24N2O. The summed E-state index contributed by atoms with van der Waals surface area (Å²) in [5.74, 6) is 0.676. The molecule has 0 radical (unpaired) electrons. The Balaban J connectivity index is 2.37. The van der Waals surface area contributed by atoms with E-state index in [1.54, 1.807) is 0 Å². The molecule has 0 aliphatic carbocycles. The Kier molecular flexibility index (Phi) is 4.35. The number of piperidine rings is 1. The van der Waals surface area contributed by atoms with Crippen LogP contribution in [0.3, 0.4) is 0 Å². The zero-order chi connectivity index (χ0) is 10.7. The lowest BCUT2D eigenvalue weighted by molar-refractivity contribution is 0.109. The fourth-order valence-electron chi connectivity index (χ4n) is 2.15. The molecule has 3 heteroatoms. The Morgan fingerprint density at radius 1 is 1.50 bits per heavy atom. The van der Waals surface area contributed by atoms with Crippen molar-refractivity contribution >= 4 is 0 Å². The molecule has 0 saturated carbocycles. The van der Waals surface area contributed by atoms with E-state index in [0.29, 0.717) is 24.5 Å². The third-order valence-corrected chi connectivity index (χ3v) is 3.29. The number of rotatable bonds is 3. The quantitative estimate of drug-likeness (QED) is 0.703. The van der Waals surface area contributed by atoms with E-state index in [2.05, 4.69) is 31.1 Å². The van der Waals surface area contributed by atoms with Crippen LogP contribution in [-0.4, -0.2) is 48.3 Å². The van der Waals surface area contributed by atoms with Gasteiger partial charge >= 0.3 is 0 Å². The van der Waals surface area contributed by atoms with Gasteiger partial charge in [-0.1, -0.05) is 6.92 Å². The van der Waals surface area contributed by atoms with Crippen molar-refractivity contribution in [3.63, 3.8) is 0 Å². The Morgan fingerprint density at radius 3 is 2.71 bits per heavy atom. The molecule has 0 aromatic carbocycles. The maximum atomic E-state index is 9.21. The number of hydrogen-bond acceptors (Lipinski definition) is 3. The van der Waals surface area contributed by atoms with Gasteiger partial charge < -0.3 is 15.3 Å². The van der Waals surface area contributed by atoms with Crippen LogP contribution < -0.4 is 5.32 Å². The maximum Gasteiger partial charge on any atom is 0.0636 e. The molecule has 1 heterocycles. The molecule has 1 aliphatic heterocycles. The van der Waals surface area contributed by atoms with Gasteiger partial charge in [-0.15, -0.1) is 0 Å². The van der Waals surface area contributed by atoms with E-state index in [9.17, 15) is 5.11 Å². The van der Waals surface area contributed by atoms with Crippen LogP contribution in [0.4, 0.5) is 0 Å². The summed E-state index contributed by atoms with van der Waals surface area (Å²) in [6, 6.07) is 1.22. The highest BCUT2D eigenvalue weighted by Gasteiger charge is 2.28. The Labute approximate surface area is 87.5 Å². The van der Waals surface area contributed by atoms with Crippen LogP contribution in [0.15, 0.2) is 0 Å². The Hall–Kier alpha value is -0.120. The second-order valence-electron chi connectivity index (χ2n) is 4.87. The Morgan fingerprint density at radius 2 is 2.14 bits per heavy atom. The van der Waals surface area contributed by atoms with Crippen LogP contribution in [0.1, 0.15) is 27.2 Å². The number of aliphatic hydroxyl groups excluding tert-OH is 1. The second-order valence-corrected chi connectivity index (χ2v) is 4.87. The summed E-state index contributed by atoms with van der Waals surface area (Å²) in [6.45, 7) is 8.24. The average molecular weight is 200 g/mol. The molecule has 0 aromatic rings. The topological polar surface area (TPSA) is 35.5 Å². The normalized spacial score (nSPS) is 37.1. The van der Waals surface area contributed by atoms with Crippen molar-refractivity contribution in [2.75, 3.05) is 20.1 Å². The average Bonchev–Trinajstić information content (AvgIpc) is 2.09. The van der Waals surface area contributed by atoms with Crippen molar-refractivity contribution in [3.8, 4) is 0 Å². The van der Waals surface area contributed by atoms with Gasteiger partial charge in [0.05, 0.1) is 6.10 Å². The van der Waals surface area contributed by atoms with Crippen molar-refractivity contribution in [2.24, 2.45) is 5.92 Å². The molecule has 3 nitrogen and oxygen atoms in total. The van der Waals surface area contributed by atoms with Gasteiger partial charge in [0, 0.05) is 25.2 Å². The lowest BCUT2D eigenvalue weighted by Gasteiger charge is -2.40. The summed E-state index contributed by atoms with van der Waals surface area (Å²) in [7, 11) is 2.19. The fourth-order valence-corrected chi connectivity index (χ4v) is 2.15. The van der Waals surface area contributed by atoms with Crippen molar-refractivity contribution in [3.05, 3.63) is 0 Å². The van der Waals surface area contributed by atoms with Gasteiger partial charge in [-0.3, -0.25) is 0 Å². The third kappa shape index (κ3) is 3.23. The molecule has 1 aliphatic rings. The van der Waals surface area contributed by atoms with Crippen LogP contribution in [-0.2, 0) is 0 Å². The van der Waals surface area contributed by atoms with E-state index in [4.69, 9.17) is 0 Å². The van der Waals surface area contributed by atoms with Crippen molar-refractivity contribution in [1.29, 1.82) is 0 Å². The van der Waals surface area contributed by atoms with Gasteiger partial charge in [0.25, 0.3) is 0 Å². The largest absolute Gasteiger partial charge is 0.392 e. The van der Waals surface area contributed by atoms with Crippen LogP contribution in [0.2, 0.25) is 0 Å². The Bertz CT molecular complexity index is 173. The summed E-state index contributed by atoms with van der Waals surface area (Å²) < 4.78 is 0. The van der Waals surface area contributed by atoms with Gasteiger partial charge in [0.2, 0.25) is 0 Å². The number of hydrogen-bond donors (Lipinski definition) is 2. The predicted molar refractivity (Wildman–Crippen MR) is 59.3 cm³/mol. The summed E-state index contributed by atoms with van der Waals surface area (Å²) >= 11 is 0. The highest BCUT2D eigenvalue weighted by atomic mass is 16.3. The van der Waals surface area contributed by atoms with Crippen LogP contribution in [0.25, 0.3) is 0 Å². The molecule has 0 unspecified atom stereocenters. The minimum absolute atomic E-state index is 0.239. The van der Waals surface area contributed by atoms with E-state index in [-0.39, 0.29) is 6.10 Å². The van der Waals surface area contributed by atoms with E-state index in [1.807, 2.05) is 6.92 Å². The third-order valence-electron chi connectivity index (χ3n) is 3.29. The van der Waals surface area contributed by atoms with Crippen molar-refractivity contribution in [1.82, 2.24) is 10.2 Å². The number of nitrogens with zero attached hydrogens (tertiary/aromatic N) is 1. The monoisotopic (exact) mass is 200 g/mol. The van der Waals surface area contributed by atoms with E-state index in [0.717, 1.165) is 6.54 Å². The van der Waals surface area contributed by atoms with Gasteiger partial charge in [-0.25, -0.2) is 0 Å². The molecule has 2 N–H and O–H groups in total. The van der Waals surface area contributed by atoms with Crippen LogP contribution in [0.5, 0.6) is 0 Å². The van der Waals surface area contributed by atoms with E-state index < -0.39 is 0 Å². The number of nitrogens with one attached hydrogen (secondary N) is 1. The van der Waals surface area contributed by atoms with Crippen LogP contribution in [0, 0.1) is 5.92 Å². The standard InChI is InChI=1S/C11H24N2O/c1-8-7-13(4)9(2)5-11(8)12-6-10(3)14/h8-12,14H,5-7H2,1-4H3/t8-,9-,10-,11+/m1/s1. The first-order valence-electron chi connectivity index (χ1n) is 5.62. The minimum atomic E-state index is -0.239.